The van der Waals surface area contributed by atoms with Crippen molar-refractivity contribution in [3.63, 3.8) is 0 Å². The van der Waals surface area contributed by atoms with Gasteiger partial charge < -0.3 is 19.4 Å². The summed E-state index contributed by atoms with van der Waals surface area (Å²) in [6, 6.07) is 11.1. The molecule has 1 aromatic heterocycles. The summed E-state index contributed by atoms with van der Waals surface area (Å²) in [6.07, 6.45) is 1.81. The molecule has 2 aromatic rings. The maximum atomic E-state index is 12.0. The first-order valence-electron chi connectivity index (χ1n) is 7.76. The van der Waals surface area contributed by atoms with Crippen LogP contribution in [0.15, 0.2) is 47.1 Å². The minimum atomic E-state index is -0.100. The monoisotopic (exact) mass is 330 g/mol. The van der Waals surface area contributed by atoms with E-state index in [0.717, 1.165) is 11.3 Å². The van der Waals surface area contributed by atoms with Crippen LogP contribution in [0.25, 0.3) is 0 Å². The van der Waals surface area contributed by atoms with Crippen molar-refractivity contribution >= 4 is 11.8 Å². The fourth-order valence-electron chi connectivity index (χ4n) is 2.21. The minimum Gasteiger partial charge on any atom is -0.497 e. The van der Waals surface area contributed by atoms with Gasteiger partial charge in [0.25, 0.3) is 0 Å². The highest BCUT2D eigenvalue weighted by Crippen LogP contribution is 2.11. The smallest absolute Gasteiger partial charge is 0.222 e. The molecule has 6 heteroatoms. The highest BCUT2D eigenvalue weighted by Gasteiger charge is 2.13. The molecule has 0 unspecified atom stereocenters. The summed E-state index contributed by atoms with van der Waals surface area (Å²) in [7, 11) is 1.61. The van der Waals surface area contributed by atoms with Crippen LogP contribution in [-0.4, -0.2) is 30.4 Å². The molecule has 1 heterocycles. The molecule has 1 aromatic carbocycles. The van der Waals surface area contributed by atoms with E-state index in [4.69, 9.17) is 9.15 Å². The summed E-state index contributed by atoms with van der Waals surface area (Å²) in [4.78, 5) is 25.2. The van der Waals surface area contributed by atoms with Crippen molar-refractivity contribution in [1.29, 1.82) is 0 Å². The second-order valence-corrected chi connectivity index (χ2v) is 5.39. The van der Waals surface area contributed by atoms with E-state index in [9.17, 15) is 9.59 Å². The Labute approximate surface area is 141 Å². The van der Waals surface area contributed by atoms with E-state index in [1.54, 1.807) is 30.4 Å². The summed E-state index contributed by atoms with van der Waals surface area (Å²) in [5.41, 5.74) is 0.989. The average molecular weight is 330 g/mol. The second kappa shape index (κ2) is 8.76. The molecule has 1 N–H and O–H groups in total. The first-order chi connectivity index (χ1) is 11.6. The number of ether oxygens (including phenoxy) is 1. The van der Waals surface area contributed by atoms with Crippen molar-refractivity contribution in [3.8, 4) is 5.75 Å². The fraction of sp³-hybridized carbons (Fsp3) is 0.333. The molecule has 0 atom stereocenters. The minimum absolute atomic E-state index is 0.0886. The van der Waals surface area contributed by atoms with Crippen LogP contribution in [0.5, 0.6) is 5.75 Å². The van der Waals surface area contributed by atoms with Crippen molar-refractivity contribution in [2.75, 3.05) is 13.7 Å². The lowest BCUT2D eigenvalue weighted by atomic mass is 10.2. The standard InChI is InChI=1S/C18H22N2O4/c1-14(21)20(13-17-4-3-11-24-17)10-9-18(22)19-12-15-5-7-16(23-2)8-6-15/h3-8,11H,9-10,12-13H2,1-2H3,(H,19,22). The van der Waals surface area contributed by atoms with Gasteiger partial charge in [0.1, 0.15) is 11.5 Å². The molecule has 0 aliphatic heterocycles. The molecule has 0 bridgehead atoms. The summed E-state index contributed by atoms with van der Waals surface area (Å²) in [5.74, 6) is 1.29. The van der Waals surface area contributed by atoms with Crippen LogP contribution >= 0.6 is 0 Å². The number of nitrogens with zero attached hydrogens (tertiary/aromatic N) is 1. The van der Waals surface area contributed by atoms with Crippen LogP contribution < -0.4 is 10.1 Å². The Balaban J connectivity index is 1.76. The van der Waals surface area contributed by atoms with E-state index in [1.165, 1.54) is 6.92 Å². The Morgan fingerprint density at radius 1 is 1.21 bits per heavy atom. The third-order valence-corrected chi connectivity index (χ3v) is 3.63. The Morgan fingerprint density at radius 3 is 2.54 bits per heavy atom. The lowest BCUT2D eigenvalue weighted by molar-refractivity contribution is -0.130. The molecule has 0 fully saturated rings. The van der Waals surface area contributed by atoms with Gasteiger partial charge in [0.05, 0.1) is 19.9 Å². The van der Waals surface area contributed by atoms with Gasteiger partial charge in [0.2, 0.25) is 11.8 Å². The van der Waals surface area contributed by atoms with Gasteiger partial charge in [0.15, 0.2) is 0 Å². The number of carbonyl (C=O) groups is 2. The largest absolute Gasteiger partial charge is 0.497 e. The van der Waals surface area contributed by atoms with Crippen molar-refractivity contribution < 1.29 is 18.7 Å². The molecular formula is C18H22N2O4. The van der Waals surface area contributed by atoms with Gasteiger partial charge in [-0.3, -0.25) is 9.59 Å². The number of hydrogen-bond donors (Lipinski definition) is 1. The molecular weight excluding hydrogens is 308 g/mol. The number of methoxy groups -OCH3 is 1. The number of rotatable bonds is 8. The molecule has 6 nitrogen and oxygen atoms in total. The van der Waals surface area contributed by atoms with Gasteiger partial charge in [-0.05, 0) is 29.8 Å². The van der Waals surface area contributed by atoms with Gasteiger partial charge in [-0.15, -0.1) is 0 Å². The SMILES string of the molecule is COc1ccc(CNC(=O)CCN(Cc2ccco2)C(C)=O)cc1. The quantitative estimate of drug-likeness (QED) is 0.806. The van der Waals surface area contributed by atoms with E-state index in [0.29, 0.717) is 25.4 Å². The molecule has 0 aliphatic carbocycles. The molecule has 2 amide bonds. The molecule has 128 valence electrons. The number of nitrogens with one attached hydrogen (secondary N) is 1. The second-order valence-electron chi connectivity index (χ2n) is 5.39. The third-order valence-electron chi connectivity index (χ3n) is 3.63. The molecule has 0 spiro atoms. The molecule has 0 aliphatic rings. The number of benzene rings is 1. The maximum absolute atomic E-state index is 12.0. The number of carbonyl (C=O) groups excluding carboxylic acids is 2. The topological polar surface area (TPSA) is 71.8 Å². The lowest BCUT2D eigenvalue weighted by Crippen LogP contribution is -2.33. The Kier molecular flexibility index (Phi) is 6.42. The van der Waals surface area contributed by atoms with Crippen LogP contribution in [0, 0.1) is 0 Å². The van der Waals surface area contributed by atoms with E-state index in [1.807, 2.05) is 24.3 Å². The number of hydrogen-bond acceptors (Lipinski definition) is 4. The van der Waals surface area contributed by atoms with Crippen molar-refractivity contribution in [2.24, 2.45) is 0 Å². The number of furan rings is 1. The zero-order valence-electron chi connectivity index (χ0n) is 14.0. The Bertz CT molecular complexity index is 650. The van der Waals surface area contributed by atoms with Crippen LogP contribution in [0.3, 0.4) is 0 Å². The fourth-order valence-corrected chi connectivity index (χ4v) is 2.21. The van der Waals surface area contributed by atoms with Crippen LogP contribution in [-0.2, 0) is 22.7 Å². The van der Waals surface area contributed by atoms with E-state index < -0.39 is 0 Å². The molecule has 24 heavy (non-hydrogen) atoms. The normalized spacial score (nSPS) is 10.2. The van der Waals surface area contributed by atoms with Crippen LogP contribution in [0.2, 0.25) is 0 Å². The average Bonchev–Trinajstić information content (AvgIpc) is 3.10. The van der Waals surface area contributed by atoms with Gasteiger partial charge in [-0.1, -0.05) is 12.1 Å². The van der Waals surface area contributed by atoms with Crippen molar-refractivity contribution in [2.45, 2.75) is 26.4 Å². The third kappa shape index (κ3) is 5.46. The highest BCUT2D eigenvalue weighted by atomic mass is 16.5. The zero-order chi connectivity index (χ0) is 17.4. The van der Waals surface area contributed by atoms with Gasteiger partial charge in [-0.2, -0.15) is 0 Å². The van der Waals surface area contributed by atoms with E-state index in [-0.39, 0.29) is 18.2 Å². The van der Waals surface area contributed by atoms with Gasteiger partial charge in [-0.25, -0.2) is 0 Å². The number of amides is 2. The lowest BCUT2D eigenvalue weighted by Gasteiger charge is -2.19. The first kappa shape index (κ1) is 17.6. The van der Waals surface area contributed by atoms with E-state index in [2.05, 4.69) is 5.32 Å². The molecule has 0 radical (unpaired) electrons. The Hall–Kier alpha value is -2.76. The van der Waals surface area contributed by atoms with Crippen LogP contribution in [0.4, 0.5) is 0 Å². The summed E-state index contributed by atoms with van der Waals surface area (Å²) >= 11 is 0. The van der Waals surface area contributed by atoms with E-state index >= 15 is 0 Å². The predicted molar refractivity (Wildman–Crippen MR) is 89.3 cm³/mol. The van der Waals surface area contributed by atoms with Gasteiger partial charge in [0, 0.05) is 26.4 Å². The predicted octanol–water partition coefficient (Wildman–Crippen LogP) is 2.34. The van der Waals surface area contributed by atoms with Crippen molar-refractivity contribution in [3.05, 3.63) is 54.0 Å². The summed E-state index contributed by atoms with van der Waals surface area (Å²) in [5, 5.41) is 2.85. The Morgan fingerprint density at radius 2 is 1.96 bits per heavy atom. The highest BCUT2D eigenvalue weighted by molar-refractivity contribution is 5.78. The molecule has 2 rings (SSSR count). The van der Waals surface area contributed by atoms with Crippen molar-refractivity contribution in [1.82, 2.24) is 10.2 Å². The first-order valence-corrected chi connectivity index (χ1v) is 7.76. The molecule has 0 saturated heterocycles. The summed E-state index contributed by atoms with van der Waals surface area (Å²) < 4.78 is 10.3. The summed E-state index contributed by atoms with van der Waals surface area (Å²) in [6.45, 7) is 2.65. The molecule has 0 saturated carbocycles. The van der Waals surface area contributed by atoms with Gasteiger partial charge >= 0.3 is 0 Å². The zero-order valence-corrected chi connectivity index (χ0v) is 14.0. The van der Waals surface area contributed by atoms with Crippen LogP contribution in [0.1, 0.15) is 24.7 Å². The maximum Gasteiger partial charge on any atom is 0.222 e.